The molecule has 2 aromatic rings. The van der Waals surface area contributed by atoms with E-state index in [-0.39, 0.29) is 11.3 Å². The van der Waals surface area contributed by atoms with E-state index in [1.165, 1.54) is 12.8 Å². The Kier molecular flexibility index (Phi) is 5.17. The van der Waals surface area contributed by atoms with Crippen LogP contribution >= 0.6 is 0 Å². The van der Waals surface area contributed by atoms with Crippen molar-refractivity contribution >= 4 is 16.8 Å². The topological polar surface area (TPSA) is 68.0 Å². The summed E-state index contributed by atoms with van der Waals surface area (Å²) in [6, 6.07) is 7.84. The number of rotatable bonds is 4. The Labute approximate surface area is 195 Å². The first kappa shape index (κ1) is 21.7. The molecule has 0 amide bonds. The number of nitrogens with zero attached hydrogens (tertiary/aromatic N) is 3. The molecule has 1 aromatic carbocycles. The number of halogens is 1. The summed E-state index contributed by atoms with van der Waals surface area (Å²) in [5.74, 6) is 3.52. The van der Waals surface area contributed by atoms with Crippen molar-refractivity contribution in [1.82, 2.24) is 15.0 Å². The molecule has 5 nitrogen and oxygen atoms in total. The third kappa shape index (κ3) is 3.38. The second-order valence-electron chi connectivity index (χ2n) is 11.9. The predicted molar refractivity (Wildman–Crippen MR) is 124 cm³/mol. The van der Waals surface area contributed by atoms with Crippen molar-refractivity contribution in [2.45, 2.75) is 76.9 Å². The number of hydrogen-bond donors (Lipinski definition) is 1. The Balaban J connectivity index is 1.19. The molecule has 4 fully saturated rings. The maximum absolute atomic E-state index is 13.6. The Hall–Kier alpha value is -1.82. The van der Waals surface area contributed by atoms with E-state index in [2.05, 4.69) is 17.2 Å². The normalized spacial score (nSPS) is 42.5. The van der Waals surface area contributed by atoms with Crippen LogP contribution < -0.4 is 0 Å². The molecule has 178 valence electrons. The van der Waals surface area contributed by atoms with Gasteiger partial charge in [-0.2, -0.15) is 0 Å². The maximum Gasteiger partial charge on any atom is 0.157 e. The first-order valence-electron chi connectivity index (χ1n) is 13.0. The van der Waals surface area contributed by atoms with Gasteiger partial charge < -0.3 is 5.11 Å². The summed E-state index contributed by atoms with van der Waals surface area (Å²) in [7, 11) is 0. The van der Waals surface area contributed by atoms with Gasteiger partial charge in [0.15, 0.2) is 5.78 Å². The van der Waals surface area contributed by atoms with Gasteiger partial charge in [-0.25, -0.2) is 9.07 Å². The van der Waals surface area contributed by atoms with Crippen molar-refractivity contribution in [3.05, 3.63) is 24.3 Å². The van der Waals surface area contributed by atoms with Gasteiger partial charge in [0.25, 0.3) is 0 Å². The zero-order chi connectivity index (χ0) is 22.8. The number of Topliss-reactive ketones (excluding diaryl/α,β-unsaturated/α-hetero) is 1. The number of aromatic nitrogens is 3. The number of para-hydroxylation sites is 1. The van der Waals surface area contributed by atoms with E-state index in [4.69, 9.17) is 0 Å². The molecule has 6 rings (SSSR count). The van der Waals surface area contributed by atoms with Crippen molar-refractivity contribution in [1.29, 1.82) is 0 Å². The molecule has 1 heterocycles. The van der Waals surface area contributed by atoms with Gasteiger partial charge >= 0.3 is 0 Å². The Morgan fingerprint density at radius 2 is 1.91 bits per heavy atom. The summed E-state index contributed by atoms with van der Waals surface area (Å²) < 4.78 is 15.2. The van der Waals surface area contributed by atoms with Gasteiger partial charge in [-0.1, -0.05) is 24.3 Å². The predicted octanol–water partition coefficient (Wildman–Crippen LogP) is 4.97. The SMILES string of the molecule is CC12CCC3C4CCC(O)(CF)CC4CCC3C1CCC2C(=O)Cn1nnc2ccccc21. The average molecular weight is 454 g/mol. The maximum atomic E-state index is 13.6. The molecule has 0 bridgehead atoms. The summed E-state index contributed by atoms with van der Waals surface area (Å²) >= 11 is 0. The molecule has 4 aliphatic carbocycles. The van der Waals surface area contributed by atoms with E-state index in [0.29, 0.717) is 54.8 Å². The van der Waals surface area contributed by atoms with E-state index >= 15 is 0 Å². The molecule has 4 aliphatic rings. The molecule has 8 unspecified atom stereocenters. The van der Waals surface area contributed by atoms with E-state index in [1.807, 2.05) is 24.3 Å². The third-order valence-electron chi connectivity index (χ3n) is 10.5. The molecule has 33 heavy (non-hydrogen) atoms. The zero-order valence-corrected chi connectivity index (χ0v) is 19.6. The molecule has 0 aliphatic heterocycles. The number of hydrogen-bond acceptors (Lipinski definition) is 4. The van der Waals surface area contributed by atoms with Gasteiger partial charge in [-0.3, -0.25) is 4.79 Å². The first-order valence-corrected chi connectivity index (χ1v) is 13.0. The van der Waals surface area contributed by atoms with Crippen LogP contribution in [0.4, 0.5) is 4.39 Å². The highest BCUT2D eigenvalue weighted by atomic mass is 19.1. The minimum Gasteiger partial charge on any atom is -0.387 e. The number of alkyl halides is 1. The van der Waals surface area contributed by atoms with E-state index < -0.39 is 12.3 Å². The molecule has 0 spiro atoms. The minimum absolute atomic E-state index is 0.0792. The highest BCUT2D eigenvalue weighted by Gasteiger charge is 2.59. The van der Waals surface area contributed by atoms with E-state index in [0.717, 1.165) is 43.1 Å². The standard InChI is InChI=1S/C27H36FN3O2/c1-26-12-10-19-18-11-13-27(33,16-28)14-17(18)6-7-20(19)21(26)8-9-22(26)25(32)15-31-24-5-3-2-4-23(24)29-30-31/h2-5,17-22,33H,6-16H2,1H3. The summed E-state index contributed by atoms with van der Waals surface area (Å²) in [5.41, 5.74) is 0.770. The lowest BCUT2D eigenvalue weighted by Gasteiger charge is -2.56. The third-order valence-corrected chi connectivity index (χ3v) is 10.5. The fraction of sp³-hybridized carbons (Fsp3) is 0.741. The lowest BCUT2D eigenvalue weighted by molar-refractivity contribution is -0.134. The monoisotopic (exact) mass is 453 g/mol. The number of fused-ring (bicyclic) bond motifs is 6. The average Bonchev–Trinajstić information content (AvgIpc) is 3.39. The molecule has 0 radical (unpaired) electrons. The number of carbonyl (C=O) groups excluding carboxylic acids is 1. The summed E-state index contributed by atoms with van der Waals surface area (Å²) in [6.07, 6.45) is 8.97. The Morgan fingerprint density at radius 3 is 2.76 bits per heavy atom. The molecule has 1 N–H and O–H groups in total. The Bertz CT molecular complexity index is 1050. The zero-order valence-electron chi connectivity index (χ0n) is 19.6. The highest BCUT2D eigenvalue weighted by Crippen LogP contribution is 2.64. The molecule has 0 saturated heterocycles. The summed E-state index contributed by atoms with van der Waals surface area (Å²) in [4.78, 5) is 13.6. The van der Waals surface area contributed by atoms with Crippen LogP contribution in [0, 0.1) is 40.9 Å². The summed E-state index contributed by atoms with van der Waals surface area (Å²) in [5, 5.41) is 19.0. The molecular formula is C27H36FN3O2. The van der Waals surface area contributed by atoms with Gasteiger partial charge in [0, 0.05) is 5.92 Å². The highest BCUT2D eigenvalue weighted by molar-refractivity contribution is 5.84. The quantitative estimate of drug-likeness (QED) is 0.710. The van der Waals surface area contributed by atoms with Crippen molar-refractivity contribution < 1.29 is 14.3 Å². The van der Waals surface area contributed by atoms with E-state index in [1.54, 1.807) is 4.68 Å². The molecule has 8 atom stereocenters. The van der Waals surface area contributed by atoms with Gasteiger partial charge in [0.1, 0.15) is 18.7 Å². The van der Waals surface area contributed by atoms with Crippen LogP contribution in [-0.2, 0) is 11.3 Å². The van der Waals surface area contributed by atoms with Crippen molar-refractivity contribution in [2.24, 2.45) is 40.9 Å². The Morgan fingerprint density at radius 1 is 1.09 bits per heavy atom. The van der Waals surface area contributed by atoms with Gasteiger partial charge in [0.05, 0.1) is 11.1 Å². The number of carbonyl (C=O) groups is 1. The van der Waals surface area contributed by atoms with Crippen molar-refractivity contribution in [3.8, 4) is 0 Å². The number of benzene rings is 1. The second kappa shape index (κ2) is 7.86. The molecular weight excluding hydrogens is 417 g/mol. The lowest BCUT2D eigenvalue weighted by Crippen LogP contribution is -2.52. The van der Waals surface area contributed by atoms with Crippen molar-refractivity contribution in [2.75, 3.05) is 6.67 Å². The van der Waals surface area contributed by atoms with Gasteiger partial charge in [-0.05, 0) is 105 Å². The second-order valence-corrected chi connectivity index (χ2v) is 11.9. The van der Waals surface area contributed by atoms with Crippen LogP contribution in [0.5, 0.6) is 0 Å². The number of ketones is 1. The van der Waals surface area contributed by atoms with Crippen LogP contribution in [0.25, 0.3) is 11.0 Å². The van der Waals surface area contributed by atoms with Crippen molar-refractivity contribution in [3.63, 3.8) is 0 Å². The fourth-order valence-corrected chi connectivity index (χ4v) is 8.90. The van der Waals surface area contributed by atoms with Crippen LogP contribution in [0.15, 0.2) is 24.3 Å². The smallest absolute Gasteiger partial charge is 0.157 e. The summed E-state index contributed by atoms with van der Waals surface area (Å²) in [6.45, 7) is 2.10. The van der Waals surface area contributed by atoms with Crippen LogP contribution in [-0.4, -0.2) is 38.2 Å². The molecule has 1 aromatic heterocycles. The van der Waals surface area contributed by atoms with Crippen LogP contribution in [0.2, 0.25) is 0 Å². The van der Waals surface area contributed by atoms with Crippen LogP contribution in [0.3, 0.4) is 0 Å². The van der Waals surface area contributed by atoms with Gasteiger partial charge in [0.2, 0.25) is 0 Å². The number of aliphatic hydroxyl groups is 1. The first-order chi connectivity index (χ1) is 15.9. The van der Waals surface area contributed by atoms with Gasteiger partial charge in [-0.15, -0.1) is 5.10 Å². The van der Waals surface area contributed by atoms with Crippen LogP contribution in [0.1, 0.15) is 64.7 Å². The fourth-order valence-electron chi connectivity index (χ4n) is 8.90. The largest absolute Gasteiger partial charge is 0.387 e. The van der Waals surface area contributed by atoms with E-state index in [9.17, 15) is 14.3 Å². The molecule has 4 saturated carbocycles. The molecule has 6 heteroatoms. The lowest BCUT2D eigenvalue weighted by atomic mass is 9.49. The minimum atomic E-state index is -1.08.